The number of carbonyl (C=O) groups is 1. The maximum absolute atomic E-state index is 10.8. The summed E-state index contributed by atoms with van der Waals surface area (Å²) >= 11 is 1.47. The molecule has 6 heteroatoms. The lowest BCUT2D eigenvalue weighted by atomic mass is 10.1. The van der Waals surface area contributed by atoms with Crippen LogP contribution in [0.15, 0.2) is 22.1 Å². The van der Waals surface area contributed by atoms with E-state index in [1.165, 1.54) is 23.7 Å². The third-order valence-corrected chi connectivity index (χ3v) is 3.77. The van der Waals surface area contributed by atoms with E-state index in [4.69, 9.17) is 14.3 Å². The number of aromatic carboxylic acids is 1. The molecule has 0 spiro atoms. The van der Waals surface area contributed by atoms with Gasteiger partial charge in [-0.05, 0) is 20.8 Å². The van der Waals surface area contributed by atoms with Gasteiger partial charge in [-0.15, -0.1) is 11.3 Å². The molecule has 0 saturated carbocycles. The van der Waals surface area contributed by atoms with Crippen molar-refractivity contribution in [1.82, 2.24) is 4.98 Å². The molecule has 5 nitrogen and oxygen atoms in total. The van der Waals surface area contributed by atoms with Gasteiger partial charge < -0.3 is 14.3 Å². The second-order valence-corrected chi connectivity index (χ2v) is 5.34. The molecule has 0 atom stereocenters. The molecule has 0 radical (unpaired) electrons. The maximum atomic E-state index is 10.8. The Kier molecular flexibility index (Phi) is 3.73. The van der Waals surface area contributed by atoms with Gasteiger partial charge in [0.05, 0.1) is 5.56 Å². The van der Waals surface area contributed by atoms with Gasteiger partial charge >= 0.3 is 5.97 Å². The van der Waals surface area contributed by atoms with Crippen LogP contribution >= 0.6 is 11.3 Å². The normalized spacial score (nSPS) is 11.7. The van der Waals surface area contributed by atoms with Crippen LogP contribution < -0.4 is 0 Å². The van der Waals surface area contributed by atoms with E-state index >= 15 is 0 Å². The molecule has 102 valence electrons. The van der Waals surface area contributed by atoms with Gasteiger partial charge in [-0.3, -0.25) is 0 Å². The Hall–Kier alpha value is -1.66. The first-order valence-corrected chi connectivity index (χ1v) is 6.74. The number of carboxylic acid groups (broad SMARTS) is 1. The summed E-state index contributed by atoms with van der Waals surface area (Å²) in [6.07, 6.45) is 1.21. The smallest absolute Gasteiger partial charge is 0.338 e. The van der Waals surface area contributed by atoms with Crippen LogP contribution in [0, 0.1) is 0 Å². The highest BCUT2D eigenvalue weighted by Crippen LogP contribution is 2.31. The first-order chi connectivity index (χ1) is 8.94. The summed E-state index contributed by atoms with van der Waals surface area (Å²) in [5.41, 5.74) is 0.286. The number of carboxylic acids is 1. The maximum Gasteiger partial charge on any atom is 0.338 e. The molecule has 0 unspecified atom stereocenters. The number of hydrogen-bond acceptors (Lipinski definition) is 5. The molecule has 0 amide bonds. The van der Waals surface area contributed by atoms with Crippen molar-refractivity contribution >= 4 is 17.3 Å². The molecular formula is C13H15NO4S. The lowest BCUT2D eigenvalue weighted by Crippen LogP contribution is -2.21. The zero-order chi connectivity index (χ0) is 14.0. The molecular weight excluding hydrogens is 266 g/mol. The average Bonchev–Trinajstić information content (AvgIpc) is 2.98. The van der Waals surface area contributed by atoms with Crippen LogP contribution in [0.2, 0.25) is 0 Å². The van der Waals surface area contributed by atoms with Crippen LogP contribution in [0.4, 0.5) is 0 Å². The zero-order valence-electron chi connectivity index (χ0n) is 11.0. The van der Waals surface area contributed by atoms with Gasteiger partial charge in [-0.25, -0.2) is 9.78 Å². The summed E-state index contributed by atoms with van der Waals surface area (Å²) in [6.45, 7) is 6.43. The lowest BCUT2D eigenvalue weighted by Gasteiger charge is -2.21. The number of furan rings is 1. The molecule has 1 N–H and O–H groups in total. The first kappa shape index (κ1) is 13.8. The van der Waals surface area contributed by atoms with E-state index in [1.807, 2.05) is 26.2 Å². The van der Waals surface area contributed by atoms with Crippen LogP contribution in [0.25, 0.3) is 11.5 Å². The molecule has 0 aliphatic heterocycles. The van der Waals surface area contributed by atoms with Crippen molar-refractivity contribution < 1.29 is 19.1 Å². The van der Waals surface area contributed by atoms with Crippen LogP contribution in [0.1, 0.15) is 36.1 Å². The van der Waals surface area contributed by atoms with Crippen molar-refractivity contribution in [2.45, 2.75) is 26.4 Å². The van der Waals surface area contributed by atoms with Crippen LogP contribution in [-0.4, -0.2) is 22.7 Å². The Bertz CT molecular complexity index is 585. The van der Waals surface area contributed by atoms with Gasteiger partial charge in [0.1, 0.15) is 22.6 Å². The summed E-state index contributed by atoms with van der Waals surface area (Å²) < 4.78 is 10.9. The van der Waals surface area contributed by atoms with Crippen molar-refractivity contribution in [2.75, 3.05) is 6.61 Å². The van der Waals surface area contributed by atoms with Crippen molar-refractivity contribution in [3.63, 3.8) is 0 Å². The quantitative estimate of drug-likeness (QED) is 0.909. The summed E-state index contributed by atoms with van der Waals surface area (Å²) in [5, 5.41) is 11.5. The van der Waals surface area contributed by atoms with Crippen molar-refractivity contribution in [3.8, 4) is 11.5 Å². The Labute approximate surface area is 114 Å². The number of thiazole rings is 1. The molecule has 0 aliphatic rings. The molecule has 2 aromatic rings. The highest BCUT2D eigenvalue weighted by molar-refractivity contribution is 7.10. The van der Waals surface area contributed by atoms with Gasteiger partial charge in [0, 0.05) is 18.1 Å². The topological polar surface area (TPSA) is 72.6 Å². The van der Waals surface area contributed by atoms with Gasteiger partial charge in [-0.2, -0.15) is 0 Å². The fourth-order valence-electron chi connectivity index (χ4n) is 1.67. The van der Waals surface area contributed by atoms with Gasteiger partial charge in [-0.1, -0.05) is 0 Å². The fourth-order valence-corrected chi connectivity index (χ4v) is 2.55. The van der Waals surface area contributed by atoms with E-state index in [9.17, 15) is 4.79 Å². The highest BCUT2D eigenvalue weighted by atomic mass is 32.1. The second-order valence-electron chi connectivity index (χ2n) is 4.49. The molecule has 2 aromatic heterocycles. The van der Waals surface area contributed by atoms with Crippen molar-refractivity contribution in [3.05, 3.63) is 28.3 Å². The minimum atomic E-state index is -1.01. The van der Waals surface area contributed by atoms with Crippen molar-refractivity contribution in [2.24, 2.45) is 0 Å². The van der Waals surface area contributed by atoms with E-state index in [1.54, 1.807) is 0 Å². The van der Waals surface area contributed by atoms with E-state index in [2.05, 4.69) is 4.98 Å². The zero-order valence-corrected chi connectivity index (χ0v) is 11.8. The molecule has 0 bridgehead atoms. The Morgan fingerprint density at radius 1 is 1.58 bits per heavy atom. The summed E-state index contributed by atoms with van der Waals surface area (Å²) in [4.78, 5) is 15.2. The molecule has 0 aromatic carbocycles. The molecule has 19 heavy (non-hydrogen) atoms. The molecule has 0 saturated heterocycles. The number of ether oxygens (including phenoxy) is 1. The predicted molar refractivity (Wildman–Crippen MR) is 71.4 cm³/mol. The first-order valence-electron chi connectivity index (χ1n) is 5.86. The third-order valence-electron chi connectivity index (χ3n) is 2.62. The lowest BCUT2D eigenvalue weighted by molar-refractivity contribution is -0.0141. The summed E-state index contributed by atoms with van der Waals surface area (Å²) in [6, 6.07) is 1.47. The summed E-state index contributed by atoms with van der Waals surface area (Å²) in [5.74, 6) is -0.563. The van der Waals surface area contributed by atoms with Crippen LogP contribution in [0.5, 0.6) is 0 Å². The SMILES string of the molecule is CCOC(C)(C)c1nc(-c2cc(C(=O)O)co2)cs1. The minimum absolute atomic E-state index is 0.119. The standard InChI is InChI=1S/C13H15NO4S/c1-4-18-13(2,3)12-14-9(7-19-12)10-5-8(6-17-10)11(15)16/h5-7H,4H2,1-3H3,(H,15,16). The summed E-state index contributed by atoms with van der Waals surface area (Å²) in [7, 11) is 0. The Morgan fingerprint density at radius 3 is 2.89 bits per heavy atom. The van der Waals surface area contributed by atoms with E-state index in [-0.39, 0.29) is 5.56 Å². The Balaban J connectivity index is 2.27. The van der Waals surface area contributed by atoms with Gasteiger partial charge in [0.15, 0.2) is 5.76 Å². The van der Waals surface area contributed by atoms with E-state index in [0.717, 1.165) is 5.01 Å². The second kappa shape index (κ2) is 5.14. The number of nitrogens with zero attached hydrogens (tertiary/aromatic N) is 1. The number of hydrogen-bond donors (Lipinski definition) is 1. The van der Waals surface area contributed by atoms with E-state index < -0.39 is 11.6 Å². The molecule has 2 rings (SSSR count). The third kappa shape index (κ3) is 2.85. The molecule has 2 heterocycles. The largest absolute Gasteiger partial charge is 0.478 e. The number of aromatic nitrogens is 1. The number of rotatable bonds is 5. The highest BCUT2D eigenvalue weighted by Gasteiger charge is 2.25. The van der Waals surface area contributed by atoms with Gasteiger partial charge in [0.25, 0.3) is 0 Å². The molecule has 0 aliphatic carbocycles. The Morgan fingerprint density at radius 2 is 2.32 bits per heavy atom. The average molecular weight is 281 g/mol. The minimum Gasteiger partial charge on any atom is -0.478 e. The van der Waals surface area contributed by atoms with E-state index in [0.29, 0.717) is 18.1 Å². The van der Waals surface area contributed by atoms with Gasteiger partial charge in [0.2, 0.25) is 0 Å². The fraction of sp³-hybridized carbons (Fsp3) is 0.385. The molecule has 0 fully saturated rings. The predicted octanol–water partition coefficient (Wildman–Crippen LogP) is 3.37. The van der Waals surface area contributed by atoms with Crippen molar-refractivity contribution in [1.29, 1.82) is 0 Å². The monoisotopic (exact) mass is 281 g/mol. The van der Waals surface area contributed by atoms with Crippen LogP contribution in [0.3, 0.4) is 0 Å². The van der Waals surface area contributed by atoms with Crippen LogP contribution in [-0.2, 0) is 10.3 Å².